The molecule has 1 saturated heterocycles. The summed E-state index contributed by atoms with van der Waals surface area (Å²) in [5.74, 6) is -1.16. The number of aryl methyl sites for hydroxylation is 1. The lowest BCUT2D eigenvalue weighted by Crippen LogP contribution is -2.30. The summed E-state index contributed by atoms with van der Waals surface area (Å²) in [6.07, 6.45) is 1.11. The van der Waals surface area contributed by atoms with Crippen LogP contribution in [0.4, 0.5) is 0 Å². The summed E-state index contributed by atoms with van der Waals surface area (Å²) in [6, 6.07) is 7.89. The van der Waals surface area contributed by atoms with Gasteiger partial charge in [0, 0.05) is 24.0 Å². The normalized spacial score (nSPS) is 22.0. The van der Waals surface area contributed by atoms with Crippen LogP contribution < -0.4 is 0 Å². The largest absolute Gasteiger partial charge is 0.481 e. The van der Waals surface area contributed by atoms with E-state index in [1.54, 1.807) is 4.90 Å². The summed E-state index contributed by atoms with van der Waals surface area (Å²) >= 11 is 3.41. The summed E-state index contributed by atoms with van der Waals surface area (Å²) in [7, 11) is 0. The Hall–Kier alpha value is -1.36. The van der Waals surface area contributed by atoms with E-state index >= 15 is 0 Å². The zero-order valence-electron chi connectivity index (χ0n) is 11.4. The Balaban J connectivity index is 1.88. The molecule has 1 aromatic rings. The van der Waals surface area contributed by atoms with Crippen molar-refractivity contribution < 1.29 is 14.7 Å². The first-order valence-electron chi connectivity index (χ1n) is 6.72. The van der Waals surface area contributed by atoms with E-state index in [4.69, 9.17) is 5.11 Å². The Morgan fingerprint density at radius 1 is 1.40 bits per heavy atom. The molecule has 0 aliphatic carbocycles. The molecule has 0 saturated carbocycles. The lowest BCUT2D eigenvalue weighted by atomic mass is 9.99. The van der Waals surface area contributed by atoms with Gasteiger partial charge >= 0.3 is 5.97 Å². The molecule has 2 atom stereocenters. The van der Waals surface area contributed by atoms with Crippen molar-refractivity contribution in [2.45, 2.75) is 19.8 Å². The highest BCUT2D eigenvalue weighted by Crippen LogP contribution is 2.24. The van der Waals surface area contributed by atoms with Crippen LogP contribution >= 0.6 is 15.9 Å². The third-order valence-corrected chi connectivity index (χ3v) is 4.29. The molecule has 2 rings (SSSR count). The molecule has 0 aromatic heterocycles. The predicted molar refractivity (Wildman–Crippen MR) is 79.3 cm³/mol. The van der Waals surface area contributed by atoms with Crippen LogP contribution in [0.25, 0.3) is 0 Å². The highest BCUT2D eigenvalue weighted by atomic mass is 79.9. The molecule has 0 spiro atoms. The number of likely N-dealkylation sites (tertiary alicyclic amines) is 1. The van der Waals surface area contributed by atoms with Gasteiger partial charge in [-0.2, -0.15) is 0 Å². The maximum Gasteiger partial charge on any atom is 0.308 e. The van der Waals surface area contributed by atoms with Crippen molar-refractivity contribution in [2.24, 2.45) is 11.8 Å². The Bertz CT molecular complexity index is 518. The van der Waals surface area contributed by atoms with E-state index in [0.29, 0.717) is 25.9 Å². The minimum absolute atomic E-state index is 0.0299. The minimum Gasteiger partial charge on any atom is -0.481 e. The number of benzene rings is 1. The molecule has 1 fully saturated rings. The number of hydrogen-bond donors (Lipinski definition) is 1. The van der Waals surface area contributed by atoms with Gasteiger partial charge in [-0.3, -0.25) is 9.59 Å². The number of hydrogen-bond acceptors (Lipinski definition) is 2. The summed E-state index contributed by atoms with van der Waals surface area (Å²) in [5.41, 5.74) is 1.11. The molecule has 4 nitrogen and oxygen atoms in total. The zero-order chi connectivity index (χ0) is 14.7. The predicted octanol–water partition coefficient (Wildman–Crippen LogP) is 2.56. The van der Waals surface area contributed by atoms with Crippen LogP contribution in [0.2, 0.25) is 0 Å². The number of nitrogens with zero attached hydrogens (tertiary/aromatic N) is 1. The van der Waals surface area contributed by atoms with Crippen LogP contribution in [-0.2, 0) is 16.0 Å². The van der Waals surface area contributed by atoms with E-state index in [1.807, 2.05) is 31.2 Å². The highest BCUT2D eigenvalue weighted by Gasteiger charge is 2.36. The number of carboxylic acids is 1. The third kappa shape index (κ3) is 3.60. The molecule has 1 N–H and O–H groups in total. The summed E-state index contributed by atoms with van der Waals surface area (Å²) in [4.78, 5) is 24.9. The molecule has 0 radical (unpaired) electrons. The minimum atomic E-state index is -0.806. The van der Waals surface area contributed by atoms with Crippen molar-refractivity contribution in [2.75, 3.05) is 13.1 Å². The second-order valence-electron chi connectivity index (χ2n) is 5.35. The van der Waals surface area contributed by atoms with Gasteiger partial charge in [0.05, 0.1) is 5.92 Å². The van der Waals surface area contributed by atoms with Crippen molar-refractivity contribution in [1.82, 2.24) is 4.90 Å². The van der Waals surface area contributed by atoms with E-state index in [1.165, 1.54) is 0 Å². The third-order valence-electron chi connectivity index (χ3n) is 3.80. The molecular formula is C15H18BrNO3. The highest BCUT2D eigenvalue weighted by molar-refractivity contribution is 9.10. The SMILES string of the molecule is C[C@@H]1CN(C(=O)CCc2cccc(Br)c2)C[C@H]1C(=O)O. The maximum atomic E-state index is 12.1. The smallest absolute Gasteiger partial charge is 0.308 e. The number of halogens is 1. The van der Waals surface area contributed by atoms with Gasteiger partial charge in [-0.15, -0.1) is 0 Å². The first-order valence-corrected chi connectivity index (χ1v) is 7.51. The molecule has 0 unspecified atom stereocenters. The van der Waals surface area contributed by atoms with Gasteiger partial charge in [-0.05, 0) is 30.0 Å². The van der Waals surface area contributed by atoms with Gasteiger partial charge < -0.3 is 10.0 Å². The van der Waals surface area contributed by atoms with E-state index < -0.39 is 11.9 Å². The standard InChI is InChI=1S/C15H18BrNO3/c1-10-8-17(9-13(10)15(19)20)14(18)6-5-11-3-2-4-12(16)7-11/h2-4,7,10,13H,5-6,8-9H2,1H3,(H,19,20)/t10-,13-/m1/s1. The van der Waals surface area contributed by atoms with Crippen LogP contribution in [0.15, 0.2) is 28.7 Å². The molecule has 1 amide bonds. The average Bonchev–Trinajstić information content (AvgIpc) is 2.78. The van der Waals surface area contributed by atoms with Crippen molar-refractivity contribution in [3.05, 3.63) is 34.3 Å². The number of amides is 1. The fraction of sp³-hybridized carbons (Fsp3) is 0.467. The zero-order valence-corrected chi connectivity index (χ0v) is 13.0. The van der Waals surface area contributed by atoms with E-state index in [2.05, 4.69) is 15.9 Å². The fourth-order valence-electron chi connectivity index (χ4n) is 2.59. The molecule has 108 valence electrons. The molecule has 20 heavy (non-hydrogen) atoms. The Labute approximate surface area is 126 Å². The molecule has 1 heterocycles. The average molecular weight is 340 g/mol. The number of aliphatic carboxylic acids is 1. The fourth-order valence-corrected chi connectivity index (χ4v) is 3.04. The van der Waals surface area contributed by atoms with Gasteiger partial charge in [-0.1, -0.05) is 35.0 Å². The van der Waals surface area contributed by atoms with Crippen LogP contribution in [0.1, 0.15) is 18.9 Å². The molecular weight excluding hydrogens is 322 g/mol. The first kappa shape index (κ1) is 15.0. The van der Waals surface area contributed by atoms with Gasteiger partial charge in [0.2, 0.25) is 5.91 Å². The summed E-state index contributed by atoms with van der Waals surface area (Å²) in [5, 5.41) is 9.08. The lowest BCUT2D eigenvalue weighted by molar-refractivity contribution is -0.142. The van der Waals surface area contributed by atoms with Crippen molar-refractivity contribution in [3.63, 3.8) is 0 Å². The molecule has 1 aliphatic rings. The van der Waals surface area contributed by atoms with E-state index in [0.717, 1.165) is 10.0 Å². The number of carboxylic acid groups (broad SMARTS) is 1. The van der Waals surface area contributed by atoms with Gasteiger partial charge in [0.1, 0.15) is 0 Å². The Morgan fingerprint density at radius 2 is 2.15 bits per heavy atom. The quantitative estimate of drug-likeness (QED) is 0.917. The summed E-state index contributed by atoms with van der Waals surface area (Å²) in [6.45, 7) is 2.78. The van der Waals surface area contributed by atoms with Crippen LogP contribution in [0, 0.1) is 11.8 Å². The van der Waals surface area contributed by atoms with Crippen LogP contribution in [0.3, 0.4) is 0 Å². The van der Waals surface area contributed by atoms with Crippen LogP contribution in [0.5, 0.6) is 0 Å². The monoisotopic (exact) mass is 339 g/mol. The molecule has 5 heteroatoms. The van der Waals surface area contributed by atoms with Crippen LogP contribution in [-0.4, -0.2) is 35.0 Å². The Kier molecular flexibility index (Phi) is 4.81. The van der Waals surface area contributed by atoms with Crippen molar-refractivity contribution in [3.8, 4) is 0 Å². The molecule has 1 aliphatic heterocycles. The van der Waals surface area contributed by atoms with Gasteiger partial charge in [-0.25, -0.2) is 0 Å². The first-order chi connectivity index (χ1) is 9.47. The lowest BCUT2D eigenvalue weighted by Gasteiger charge is -2.15. The Morgan fingerprint density at radius 3 is 2.75 bits per heavy atom. The number of carbonyl (C=O) groups is 2. The van der Waals surface area contributed by atoms with Crippen molar-refractivity contribution in [1.29, 1.82) is 0 Å². The number of carbonyl (C=O) groups excluding carboxylic acids is 1. The van der Waals surface area contributed by atoms with E-state index in [-0.39, 0.29) is 11.8 Å². The van der Waals surface area contributed by atoms with Gasteiger partial charge in [0.15, 0.2) is 0 Å². The molecule has 1 aromatic carbocycles. The number of rotatable bonds is 4. The van der Waals surface area contributed by atoms with Gasteiger partial charge in [0.25, 0.3) is 0 Å². The van der Waals surface area contributed by atoms with E-state index in [9.17, 15) is 9.59 Å². The van der Waals surface area contributed by atoms with Crippen molar-refractivity contribution >= 4 is 27.8 Å². The topological polar surface area (TPSA) is 57.6 Å². The maximum absolute atomic E-state index is 12.1. The second kappa shape index (κ2) is 6.39. The molecule has 0 bridgehead atoms. The second-order valence-corrected chi connectivity index (χ2v) is 6.27. The summed E-state index contributed by atoms with van der Waals surface area (Å²) < 4.78 is 1.00.